The molecule has 0 radical (unpaired) electrons. The van der Waals surface area contributed by atoms with Crippen molar-refractivity contribution in [1.82, 2.24) is 15.2 Å². The molecule has 0 aromatic carbocycles. The van der Waals surface area contributed by atoms with Crippen LogP contribution in [-0.2, 0) is 11.3 Å². The van der Waals surface area contributed by atoms with Crippen LogP contribution in [0.1, 0.15) is 24.8 Å². The third-order valence-corrected chi connectivity index (χ3v) is 3.71. The highest BCUT2D eigenvalue weighted by atomic mass is 35.5. The van der Waals surface area contributed by atoms with Crippen LogP contribution in [0.4, 0.5) is 13.2 Å². The minimum absolute atomic E-state index is 0. The molecule has 1 aromatic rings. The zero-order valence-corrected chi connectivity index (χ0v) is 13.5. The molecule has 1 fully saturated rings. The highest BCUT2D eigenvalue weighted by Crippen LogP contribution is 2.23. The van der Waals surface area contributed by atoms with Gasteiger partial charge >= 0.3 is 6.18 Å². The summed E-state index contributed by atoms with van der Waals surface area (Å²) in [6, 6.07) is 3.58. The van der Waals surface area contributed by atoms with Gasteiger partial charge in [0.25, 0.3) is 0 Å². The maximum atomic E-state index is 12.3. The Morgan fingerprint density at radius 1 is 1.43 bits per heavy atom. The summed E-state index contributed by atoms with van der Waals surface area (Å²) in [5.74, 6) is -0.153. The lowest BCUT2D eigenvalue weighted by Crippen LogP contribution is -2.36. The molecule has 2 rings (SSSR count). The van der Waals surface area contributed by atoms with Gasteiger partial charge in [-0.1, -0.05) is 6.07 Å². The van der Waals surface area contributed by atoms with Crippen molar-refractivity contribution in [2.45, 2.75) is 32.0 Å². The lowest BCUT2D eigenvalue weighted by molar-refractivity contribution is -0.149. The monoisotopic (exact) mass is 351 g/mol. The van der Waals surface area contributed by atoms with Gasteiger partial charge in [0.05, 0.1) is 6.42 Å². The van der Waals surface area contributed by atoms with Crippen LogP contribution in [0.15, 0.2) is 24.5 Å². The third-order valence-electron chi connectivity index (χ3n) is 3.71. The number of hydrogen-bond donors (Lipinski definition) is 1. The van der Waals surface area contributed by atoms with Gasteiger partial charge in [-0.2, -0.15) is 13.2 Å². The average Bonchev–Trinajstić information content (AvgIpc) is 2.97. The SMILES string of the molecule is Cl.O=C(CCC(F)(F)F)N(Cc1cccnc1)CC1CCNC1. The molecular formula is C15H21ClF3N3O. The van der Waals surface area contributed by atoms with Crippen molar-refractivity contribution in [3.8, 4) is 0 Å². The molecule has 8 heteroatoms. The van der Waals surface area contributed by atoms with Gasteiger partial charge in [-0.3, -0.25) is 9.78 Å². The number of nitrogens with zero attached hydrogens (tertiary/aromatic N) is 2. The molecule has 1 saturated heterocycles. The first-order valence-electron chi connectivity index (χ1n) is 7.38. The van der Waals surface area contributed by atoms with Gasteiger partial charge in [0, 0.05) is 31.9 Å². The number of carbonyl (C=O) groups excluding carboxylic acids is 1. The molecule has 0 spiro atoms. The summed E-state index contributed by atoms with van der Waals surface area (Å²) in [6.45, 7) is 2.48. The molecule has 1 aromatic heterocycles. The van der Waals surface area contributed by atoms with Gasteiger partial charge in [0.2, 0.25) is 5.91 Å². The van der Waals surface area contributed by atoms with Crippen LogP contribution >= 0.6 is 12.4 Å². The maximum Gasteiger partial charge on any atom is 0.389 e. The molecule has 1 atom stereocenters. The highest BCUT2D eigenvalue weighted by Gasteiger charge is 2.30. The molecule has 1 aliphatic rings. The van der Waals surface area contributed by atoms with E-state index in [0.29, 0.717) is 19.0 Å². The van der Waals surface area contributed by atoms with Crippen LogP contribution in [0.3, 0.4) is 0 Å². The van der Waals surface area contributed by atoms with Gasteiger partial charge in [-0.05, 0) is 37.1 Å². The Morgan fingerprint density at radius 2 is 2.22 bits per heavy atom. The predicted octanol–water partition coefficient (Wildman–Crippen LogP) is 2.78. The lowest BCUT2D eigenvalue weighted by Gasteiger charge is -2.26. The van der Waals surface area contributed by atoms with E-state index in [1.54, 1.807) is 18.5 Å². The molecule has 1 N–H and O–H groups in total. The highest BCUT2D eigenvalue weighted by molar-refractivity contribution is 5.85. The normalized spacial score (nSPS) is 17.6. The molecule has 2 heterocycles. The standard InChI is InChI=1S/C15H20F3N3O.ClH/c16-15(17,18)5-3-14(22)21(11-13-4-7-20-9-13)10-12-2-1-6-19-8-12;/h1-2,6,8,13,20H,3-5,7,9-11H2;1H. The van der Waals surface area contributed by atoms with E-state index in [1.807, 2.05) is 6.07 Å². The number of carbonyl (C=O) groups is 1. The summed E-state index contributed by atoms with van der Waals surface area (Å²) < 4.78 is 37.0. The number of rotatable bonds is 6. The lowest BCUT2D eigenvalue weighted by atomic mass is 10.1. The first-order chi connectivity index (χ1) is 10.4. The predicted molar refractivity (Wildman–Crippen MR) is 83.2 cm³/mol. The van der Waals surface area contributed by atoms with Gasteiger partial charge in [0.1, 0.15) is 0 Å². The number of hydrogen-bond acceptors (Lipinski definition) is 3. The Balaban J connectivity index is 0.00000264. The van der Waals surface area contributed by atoms with Crippen LogP contribution in [0, 0.1) is 5.92 Å². The smallest absolute Gasteiger partial charge is 0.338 e. The van der Waals surface area contributed by atoms with Crippen LogP contribution < -0.4 is 5.32 Å². The van der Waals surface area contributed by atoms with Gasteiger partial charge in [-0.25, -0.2) is 0 Å². The maximum absolute atomic E-state index is 12.3. The fourth-order valence-corrected chi connectivity index (χ4v) is 2.56. The summed E-state index contributed by atoms with van der Waals surface area (Å²) in [6.07, 6.45) is -1.67. The molecule has 0 bridgehead atoms. The van der Waals surface area contributed by atoms with Crippen molar-refractivity contribution in [3.63, 3.8) is 0 Å². The van der Waals surface area contributed by atoms with Crippen molar-refractivity contribution in [2.75, 3.05) is 19.6 Å². The number of alkyl halides is 3. The Kier molecular flexibility index (Phi) is 7.78. The Hall–Kier alpha value is -1.34. The van der Waals surface area contributed by atoms with Crippen molar-refractivity contribution < 1.29 is 18.0 Å². The van der Waals surface area contributed by atoms with E-state index in [2.05, 4.69) is 10.3 Å². The summed E-state index contributed by atoms with van der Waals surface area (Å²) in [7, 11) is 0. The third kappa shape index (κ3) is 7.18. The summed E-state index contributed by atoms with van der Waals surface area (Å²) >= 11 is 0. The number of nitrogens with one attached hydrogen (secondary N) is 1. The van der Waals surface area contributed by atoms with E-state index in [-0.39, 0.29) is 12.4 Å². The molecule has 1 amide bonds. The summed E-state index contributed by atoms with van der Waals surface area (Å²) in [4.78, 5) is 17.7. The fourth-order valence-electron chi connectivity index (χ4n) is 2.56. The number of pyridine rings is 1. The topological polar surface area (TPSA) is 45.2 Å². The minimum Gasteiger partial charge on any atom is -0.338 e. The summed E-state index contributed by atoms with van der Waals surface area (Å²) in [5, 5.41) is 3.21. The van der Waals surface area contributed by atoms with E-state index in [9.17, 15) is 18.0 Å². The van der Waals surface area contributed by atoms with Crippen molar-refractivity contribution >= 4 is 18.3 Å². The summed E-state index contributed by atoms with van der Waals surface area (Å²) in [5.41, 5.74) is 0.828. The molecule has 0 aliphatic carbocycles. The molecule has 1 aliphatic heterocycles. The Labute approximate surface area is 139 Å². The van der Waals surface area contributed by atoms with Crippen LogP contribution in [0.5, 0.6) is 0 Å². The van der Waals surface area contributed by atoms with Gasteiger partial charge in [0.15, 0.2) is 0 Å². The van der Waals surface area contributed by atoms with Gasteiger partial charge in [-0.15, -0.1) is 12.4 Å². The van der Waals surface area contributed by atoms with E-state index in [1.165, 1.54) is 4.90 Å². The van der Waals surface area contributed by atoms with Crippen molar-refractivity contribution in [2.24, 2.45) is 5.92 Å². The first-order valence-corrected chi connectivity index (χ1v) is 7.38. The van der Waals surface area contributed by atoms with E-state index < -0.39 is 24.9 Å². The van der Waals surface area contributed by atoms with E-state index in [4.69, 9.17) is 0 Å². The molecule has 4 nitrogen and oxygen atoms in total. The second-order valence-electron chi connectivity index (χ2n) is 5.61. The van der Waals surface area contributed by atoms with Crippen molar-refractivity contribution in [3.05, 3.63) is 30.1 Å². The van der Waals surface area contributed by atoms with Crippen molar-refractivity contribution in [1.29, 1.82) is 0 Å². The molecule has 1 unspecified atom stereocenters. The molecule has 130 valence electrons. The minimum atomic E-state index is -4.30. The zero-order valence-electron chi connectivity index (χ0n) is 12.7. The van der Waals surface area contributed by atoms with Gasteiger partial charge < -0.3 is 10.2 Å². The van der Waals surface area contributed by atoms with Crippen LogP contribution in [0.2, 0.25) is 0 Å². The van der Waals surface area contributed by atoms with E-state index in [0.717, 1.165) is 25.1 Å². The Bertz CT molecular complexity index is 479. The fraction of sp³-hybridized carbons (Fsp3) is 0.600. The Morgan fingerprint density at radius 3 is 2.78 bits per heavy atom. The molecular weight excluding hydrogens is 331 g/mol. The molecule has 23 heavy (non-hydrogen) atoms. The zero-order chi connectivity index (χ0) is 16.0. The van der Waals surface area contributed by atoms with Crippen LogP contribution in [0.25, 0.3) is 0 Å². The van der Waals surface area contributed by atoms with E-state index >= 15 is 0 Å². The first kappa shape index (κ1) is 19.7. The average molecular weight is 352 g/mol. The van der Waals surface area contributed by atoms with Crippen LogP contribution in [-0.4, -0.2) is 41.6 Å². The number of halogens is 4. The largest absolute Gasteiger partial charge is 0.389 e. The number of aromatic nitrogens is 1. The quantitative estimate of drug-likeness (QED) is 0.857. The second-order valence-corrected chi connectivity index (χ2v) is 5.61. The number of amides is 1. The second kappa shape index (κ2) is 9.08. The molecule has 0 saturated carbocycles.